The Hall–Kier alpha value is -2.39. The smallest absolute Gasteiger partial charge is 0.245 e. The van der Waals surface area contributed by atoms with Crippen LogP contribution in [0.3, 0.4) is 0 Å². The van der Waals surface area contributed by atoms with E-state index in [9.17, 15) is 18.0 Å². The van der Waals surface area contributed by atoms with Crippen molar-refractivity contribution in [3.63, 3.8) is 0 Å². The molecule has 1 aliphatic heterocycles. The Morgan fingerprint density at radius 2 is 1.93 bits per heavy atom. The van der Waals surface area contributed by atoms with Crippen LogP contribution < -0.4 is 5.32 Å². The van der Waals surface area contributed by atoms with E-state index in [2.05, 4.69) is 10.3 Å². The van der Waals surface area contributed by atoms with Crippen LogP contribution in [0, 0.1) is 0 Å². The van der Waals surface area contributed by atoms with Gasteiger partial charge in [0, 0.05) is 56.6 Å². The number of rotatable bonds is 5. The minimum absolute atomic E-state index is 0.184. The molecule has 9 heteroatoms. The van der Waals surface area contributed by atoms with E-state index in [0.717, 1.165) is 16.5 Å². The summed E-state index contributed by atoms with van der Waals surface area (Å²) >= 11 is 0. The van der Waals surface area contributed by atoms with Crippen molar-refractivity contribution in [3.8, 4) is 0 Å². The molecule has 152 valence electrons. The number of carbonyl (C=O) groups is 2. The van der Waals surface area contributed by atoms with Gasteiger partial charge in [-0.2, -0.15) is 0 Å². The van der Waals surface area contributed by atoms with Crippen LogP contribution >= 0.6 is 0 Å². The van der Waals surface area contributed by atoms with E-state index in [0.29, 0.717) is 32.5 Å². The summed E-state index contributed by atoms with van der Waals surface area (Å²) in [5.41, 5.74) is 1.93. The zero-order valence-corrected chi connectivity index (χ0v) is 17.0. The van der Waals surface area contributed by atoms with Crippen molar-refractivity contribution in [1.82, 2.24) is 19.5 Å². The molecule has 2 aromatic rings. The van der Waals surface area contributed by atoms with Crippen LogP contribution in [-0.2, 0) is 26.0 Å². The average Bonchev–Trinajstić information content (AvgIpc) is 2.86. The number of carbonyl (C=O) groups excluding carboxylic acids is 2. The minimum atomic E-state index is -3.28. The summed E-state index contributed by atoms with van der Waals surface area (Å²) < 4.78 is 25.0. The molecule has 1 saturated heterocycles. The van der Waals surface area contributed by atoms with Crippen molar-refractivity contribution in [1.29, 1.82) is 0 Å². The number of sulfonamides is 1. The van der Waals surface area contributed by atoms with Gasteiger partial charge in [0.15, 0.2) is 0 Å². The molecule has 0 aliphatic carbocycles. The highest BCUT2D eigenvalue weighted by molar-refractivity contribution is 7.88. The summed E-state index contributed by atoms with van der Waals surface area (Å²) in [6, 6.07) is 7.11. The van der Waals surface area contributed by atoms with Gasteiger partial charge in [0.1, 0.15) is 6.04 Å². The van der Waals surface area contributed by atoms with Gasteiger partial charge in [0.2, 0.25) is 21.8 Å². The molecule has 8 nitrogen and oxygen atoms in total. The Bertz CT molecular complexity index is 969. The molecule has 3 rings (SSSR count). The maximum Gasteiger partial charge on any atom is 0.245 e. The maximum absolute atomic E-state index is 13.1. The second-order valence-electron chi connectivity index (χ2n) is 7.16. The number of nitrogens with zero attached hydrogens (tertiary/aromatic N) is 2. The van der Waals surface area contributed by atoms with E-state index in [1.165, 1.54) is 17.5 Å². The van der Waals surface area contributed by atoms with Crippen LogP contribution in [0.1, 0.15) is 18.9 Å². The fraction of sp³-hybridized carbons (Fsp3) is 0.474. The molecule has 2 N–H and O–H groups in total. The quantitative estimate of drug-likeness (QED) is 0.763. The molecule has 0 saturated carbocycles. The molecule has 2 heterocycles. The molecule has 0 spiro atoms. The first-order chi connectivity index (χ1) is 13.3. The predicted octanol–water partition coefficient (Wildman–Crippen LogP) is 0.709. The molecule has 2 amide bonds. The van der Waals surface area contributed by atoms with E-state index in [1.54, 1.807) is 4.90 Å². The van der Waals surface area contributed by atoms with E-state index in [1.807, 2.05) is 30.5 Å². The third kappa shape index (κ3) is 4.71. The number of amides is 2. The lowest BCUT2D eigenvalue weighted by molar-refractivity contribution is -0.135. The predicted molar refractivity (Wildman–Crippen MR) is 107 cm³/mol. The Morgan fingerprint density at radius 1 is 1.18 bits per heavy atom. The highest BCUT2D eigenvalue weighted by Crippen LogP contribution is 2.20. The van der Waals surface area contributed by atoms with Gasteiger partial charge in [0.05, 0.1) is 6.26 Å². The van der Waals surface area contributed by atoms with Gasteiger partial charge < -0.3 is 15.2 Å². The van der Waals surface area contributed by atoms with Gasteiger partial charge in [-0.25, -0.2) is 12.7 Å². The number of hydrogen-bond donors (Lipinski definition) is 2. The zero-order valence-electron chi connectivity index (χ0n) is 16.1. The number of aromatic nitrogens is 1. The van der Waals surface area contributed by atoms with Crippen molar-refractivity contribution in [3.05, 3.63) is 36.0 Å². The molecule has 1 aliphatic rings. The van der Waals surface area contributed by atoms with Gasteiger partial charge in [-0.15, -0.1) is 0 Å². The van der Waals surface area contributed by atoms with Crippen LogP contribution in [0.15, 0.2) is 30.5 Å². The van der Waals surface area contributed by atoms with E-state index < -0.39 is 16.1 Å². The fourth-order valence-corrected chi connectivity index (χ4v) is 4.51. The van der Waals surface area contributed by atoms with E-state index in [4.69, 9.17) is 0 Å². The molecule has 1 atom stereocenters. The SMILES string of the molecule is CC(=O)NC(Cc1c[nH]c2ccccc12)C(=O)N1CCCN(S(C)(=O)=O)CC1. The molecule has 1 fully saturated rings. The first kappa shape index (κ1) is 20.3. The molecule has 28 heavy (non-hydrogen) atoms. The topological polar surface area (TPSA) is 103 Å². The second kappa shape index (κ2) is 8.32. The van der Waals surface area contributed by atoms with Crippen LogP contribution in [0.2, 0.25) is 0 Å². The van der Waals surface area contributed by atoms with Crippen LogP contribution in [0.25, 0.3) is 10.9 Å². The lowest BCUT2D eigenvalue weighted by Crippen LogP contribution is -2.50. The first-order valence-electron chi connectivity index (χ1n) is 9.31. The van der Waals surface area contributed by atoms with Crippen molar-refractivity contribution >= 4 is 32.7 Å². The lowest BCUT2D eigenvalue weighted by Gasteiger charge is -2.26. The van der Waals surface area contributed by atoms with Crippen molar-refractivity contribution in [2.75, 3.05) is 32.4 Å². The van der Waals surface area contributed by atoms with Gasteiger partial charge in [-0.05, 0) is 18.1 Å². The summed E-state index contributed by atoms with van der Waals surface area (Å²) in [7, 11) is -3.28. The van der Waals surface area contributed by atoms with Crippen molar-refractivity contribution in [2.24, 2.45) is 0 Å². The highest BCUT2D eigenvalue weighted by atomic mass is 32.2. The maximum atomic E-state index is 13.1. The summed E-state index contributed by atoms with van der Waals surface area (Å²) in [4.78, 5) is 29.7. The highest BCUT2D eigenvalue weighted by Gasteiger charge is 2.29. The number of nitrogens with one attached hydrogen (secondary N) is 2. The van der Waals surface area contributed by atoms with Gasteiger partial charge in [-0.1, -0.05) is 18.2 Å². The summed E-state index contributed by atoms with van der Waals surface area (Å²) in [5, 5.41) is 3.78. The number of H-pyrrole nitrogens is 1. The Kier molecular flexibility index (Phi) is 6.04. The molecular weight excluding hydrogens is 380 g/mol. The standard InChI is InChI=1S/C19H26N4O4S/c1-14(24)21-18(12-15-13-20-17-7-4-3-6-16(15)17)19(25)22-8-5-9-23(11-10-22)28(2,26)27/h3-4,6-7,13,18,20H,5,8-12H2,1-2H3,(H,21,24). The van der Waals surface area contributed by atoms with E-state index in [-0.39, 0.29) is 18.4 Å². The number of benzene rings is 1. The fourth-order valence-electron chi connectivity index (χ4n) is 3.63. The molecule has 1 unspecified atom stereocenters. The lowest BCUT2D eigenvalue weighted by atomic mass is 10.0. The first-order valence-corrected chi connectivity index (χ1v) is 11.2. The molecule has 1 aromatic carbocycles. The molecule has 1 aromatic heterocycles. The number of aromatic amines is 1. The van der Waals surface area contributed by atoms with Gasteiger partial charge in [0.25, 0.3) is 0 Å². The number of para-hydroxylation sites is 1. The zero-order chi connectivity index (χ0) is 20.3. The largest absolute Gasteiger partial charge is 0.361 e. The monoisotopic (exact) mass is 406 g/mol. The summed E-state index contributed by atoms with van der Waals surface area (Å²) in [5.74, 6) is -0.457. The van der Waals surface area contributed by atoms with E-state index >= 15 is 0 Å². The van der Waals surface area contributed by atoms with Crippen molar-refractivity contribution < 1.29 is 18.0 Å². The number of hydrogen-bond acceptors (Lipinski definition) is 4. The number of fused-ring (bicyclic) bond motifs is 1. The third-order valence-electron chi connectivity index (χ3n) is 5.01. The van der Waals surface area contributed by atoms with Crippen LogP contribution in [0.5, 0.6) is 0 Å². The summed E-state index contributed by atoms with van der Waals surface area (Å²) in [6.07, 6.45) is 3.98. The van der Waals surface area contributed by atoms with Crippen molar-refractivity contribution in [2.45, 2.75) is 25.8 Å². The third-order valence-corrected chi connectivity index (χ3v) is 6.31. The Morgan fingerprint density at radius 3 is 2.64 bits per heavy atom. The second-order valence-corrected chi connectivity index (χ2v) is 9.14. The normalized spacial score (nSPS) is 17.3. The Labute approximate surface area is 164 Å². The van der Waals surface area contributed by atoms with Crippen LogP contribution in [0.4, 0.5) is 0 Å². The summed E-state index contributed by atoms with van der Waals surface area (Å²) in [6.45, 7) is 2.84. The van der Waals surface area contributed by atoms with Crippen LogP contribution in [-0.4, -0.2) is 72.9 Å². The molecule has 0 radical (unpaired) electrons. The average molecular weight is 407 g/mol. The molecule has 0 bridgehead atoms. The minimum Gasteiger partial charge on any atom is -0.361 e. The Balaban J connectivity index is 1.77. The van der Waals surface area contributed by atoms with Gasteiger partial charge >= 0.3 is 0 Å². The molecular formula is C19H26N4O4S. The van der Waals surface area contributed by atoms with Gasteiger partial charge in [-0.3, -0.25) is 9.59 Å².